The molecule has 0 saturated heterocycles. The lowest BCUT2D eigenvalue weighted by atomic mass is 10.1. The smallest absolute Gasteiger partial charge is 0.138 e. The van der Waals surface area contributed by atoms with Gasteiger partial charge in [-0.05, 0) is 38.5 Å². The molecule has 1 N–H and O–H groups in total. The maximum absolute atomic E-state index is 4.64. The van der Waals surface area contributed by atoms with Gasteiger partial charge in [-0.15, -0.1) is 0 Å². The molecule has 1 unspecified atom stereocenters. The number of para-hydroxylation sites is 1. The van der Waals surface area contributed by atoms with Crippen molar-refractivity contribution in [3.05, 3.63) is 78.1 Å². The van der Waals surface area contributed by atoms with Crippen molar-refractivity contribution in [3.63, 3.8) is 0 Å². The average Bonchev–Trinajstić information content (AvgIpc) is 2.63. The summed E-state index contributed by atoms with van der Waals surface area (Å²) in [7, 11) is 0. The molecule has 2 aromatic carbocycles. The molecule has 3 rings (SSSR count). The Hall–Kier alpha value is -2.88. The van der Waals surface area contributed by atoms with Crippen molar-refractivity contribution in [3.8, 4) is 0 Å². The van der Waals surface area contributed by atoms with E-state index in [1.54, 1.807) is 0 Å². The van der Waals surface area contributed by atoms with E-state index in [9.17, 15) is 0 Å². The van der Waals surface area contributed by atoms with Crippen molar-refractivity contribution in [1.82, 2.24) is 9.97 Å². The quantitative estimate of drug-likeness (QED) is 0.680. The van der Waals surface area contributed by atoms with Crippen molar-refractivity contribution in [1.29, 1.82) is 0 Å². The first-order valence-corrected chi connectivity index (χ1v) is 8.67. The van der Waals surface area contributed by atoms with Gasteiger partial charge in [-0.3, -0.25) is 0 Å². The van der Waals surface area contributed by atoms with Gasteiger partial charge in [0.25, 0.3) is 0 Å². The third kappa shape index (κ3) is 4.15. The van der Waals surface area contributed by atoms with Gasteiger partial charge in [0.15, 0.2) is 0 Å². The minimum atomic E-state index is 0.176. The zero-order chi connectivity index (χ0) is 17.6. The van der Waals surface area contributed by atoms with Gasteiger partial charge in [-0.2, -0.15) is 0 Å². The summed E-state index contributed by atoms with van der Waals surface area (Å²) in [5.41, 5.74) is 2.36. The zero-order valence-electron chi connectivity index (χ0n) is 15.0. The van der Waals surface area contributed by atoms with Crippen LogP contribution in [0.3, 0.4) is 0 Å². The van der Waals surface area contributed by atoms with Crippen LogP contribution in [0, 0.1) is 6.92 Å². The Morgan fingerprint density at radius 3 is 2.24 bits per heavy atom. The van der Waals surface area contributed by atoms with E-state index in [1.807, 2.05) is 37.3 Å². The minimum Gasteiger partial charge on any atom is -0.363 e. The van der Waals surface area contributed by atoms with Crippen molar-refractivity contribution in [2.24, 2.45) is 0 Å². The van der Waals surface area contributed by atoms with Gasteiger partial charge < -0.3 is 10.2 Å². The molecule has 0 amide bonds. The number of hydrogen-bond acceptors (Lipinski definition) is 4. The molecule has 4 nitrogen and oxygen atoms in total. The normalized spacial score (nSPS) is 11.8. The second-order valence-corrected chi connectivity index (χ2v) is 6.02. The topological polar surface area (TPSA) is 41.0 Å². The van der Waals surface area contributed by atoms with Gasteiger partial charge in [-0.1, -0.05) is 48.5 Å². The third-order valence-corrected chi connectivity index (χ3v) is 4.15. The number of benzene rings is 2. The molecule has 0 aliphatic heterocycles. The molecule has 25 heavy (non-hydrogen) atoms. The second kappa shape index (κ2) is 7.79. The summed E-state index contributed by atoms with van der Waals surface area (Å²) in [5, 5.41) is 3.49. The van der Waals surface area contributed by atoms with Crippen LogP contribution in [-0.4, -0.2) is 16.5 Å². The average molecular weight is 332 g/mol. The predicted octanol–water partition coefficient (Wildman–Crippen LogP) is 5.12. The Morgan fingerprint density at radius 1 is 0.960 bits per heavy atom. The van der Waals surface area contributed by atoms with Gasteiger partial charge in [-0.25, -0.2) is 9.97 Å². The Bertz CT molecular complexity index is 803. The lowest BCUT2D eigenvalue weighted by Gasteiger charge is -2.23. The van der Waals surface area contributed by atoms with Crippen LogP contribution in [0.1, 0.15) is 31.3 Å². The Morgan fingerprint density at radius 2 is 1.60 bits per heavy atom. The third-order valence-electron chi connectivity index (χ3n) is 4.15. The van der Waals surface area contributed by atoms with Gasteiger partial charge in [0.1, 0.15) is 17.5 Å². The van der Waals surface area contributed by atoms with Crippen molar-refractivity contribution in [2.75, 3.05) is 16.8 Å². The predicted molar refractivity (Wildman–Crippen MR) is 104 cm³/mol. The molecule has 128 valence electrons. The molecule has 0 saturated carbocycles. The molecule has 1 heterocycles. The van der Waals surface area contributed by atoms with Gasteiger partial charge in [0, 0.05) is 24.3 Å². The van der Waals surface area contributed by atoms with Crippen LogP contribution < -0.4 is 10.2 Å². The van der Waals surface area contributed by atoms with Crippen LogP contribution in [0.2, 0.25) is 0 Å². The largest absolute Gasteiger partial charge is 0.363 e. The summed E-state index contributed by atoms with van der Waals surface area (Å²) in [6.45, 7) is 7.04. The van der Waals surface area contributed by atoms with Crippen LogP contribution in [0.25, 0.3) is 0 Å². The summed E-state index contributed by atoms with van der Waals surface area (Å²) < 4.78 is 0. The minimum absolute atomic E-state index is 0.176. The number of hydrogen-bond donors (Lipinski definition) is 1. The van der Waals surface area contributed by atoms with E-state index in [0.717, 1.165) is 29.7 Å². The summed E-state index contributed by atoms with van der Waals surface area (Å²) in [4.78, 5) is 11.4. The van der Waals surface area contributed by atoms with E-state index in [4.69, 9.17) is 0 Å². The molecule has 0 fully saturated rings. The highest BCUT2D eigenvalue weighted by Gasteiger charge is 2.12. The number of anilines is 3. The van der Waals surface area contributed by atoms with Crippen LogP contribution in [-0.2, 0) is 0 Å². The van der Waals surface area contributed by atoms with Crippen LogP contribution >= 0.6 is 0 Å². The molecular formula is C21H24N4. The van der Waals surface area contributed by atoms with E-state index in [1.165, 1.54) is 5.56 Å². The summed E-state index contributed by atoms with van der Waals surface area (Å²) in [5.74, 6) is 2.51. The summed E-state index contributed by atoms with van der Waals surface area (Å²) >= 11 is 0. The second-order valence-electron chi connectivity index (χ2n) is 6.02. The van der Waals surface area contributed by atoms with Crippen molar-refractivity contribution < 1.29 is 0 Å². The van der Waals surface area contributed by atoms with Gasteiger partial charge in [0.2, 0.25) is 0 Å². The molecule has 0 bridgehead atoms. The maximum Gasteiger partial charge on any atom is 0.138 e. The number of aryl methyl sites for hydroxylation is 1. The first-order valence-electron chi connectivity index (χ1n) is 8.67. The van der Waals surface area contributed by atoms with Gasteiger partial charge in [0.05, 0.1) is 0 Å². The first-order chi connectivity index (χ1) is 12.2. The van der Waals surface area contributed by atoms with Crippen molar-refractivity contribution >= 4 is 17.3 Å². The highest BCUT2D eigenvalue weighted by molar-refractivity contribution is 5.62. The fraction of sp³-hybridized carbons (Fsp3) is 0.238. The van der Waals surface area contributed by atoms with Crippen LogP contribution in [0.15, 0.2) is 66.7 Å². The Labute approximate surface area is 149 Å². The molecule has 1 atom stereocenters. The molecule has 0 aliphatic rings. The molecule has 1 aromatic heterocycles. The monoisotopic (exact) mass is 332 g/mol. The lowest BCUT2D eigenvalue weighted by molar-refractivity contribution is 0.863. The van der Waals surface area contributed by atoms with Crippen molar-refractivity contribution in [2.45, 2.75) is 26.8 Å². The first kappa shape index (κ1) is 17.0. The number of rotatable bonds is 6. The lowest BCUT2D eigenvalue weighted by Crippen LogP contribution is -2.19. The number of nitrogens with one attached hydrogen (secondary N) is 1. The fourth-order valence-corrected chi connectivity index (χ4v) is 2.90. The molecular weight excluding hydrogens is 308 g/mol. The SMILES string of the molecule is CCN(c1ccccc1)c1cc(NC(C)c2ccccc2)nc(C)n1. The Kier molecular flexibility index (Phi) is 5.29. The van der Waals surface area contributed by atoms with Gasteiger partial charge >= 0.3 is 0 Å². The highest BCUT2D eigenvalue weighted by Crippen LogP contribution is 2.26. The molecule has 0 radical (unpaired) electrons. The number of aromatic nitrogens is 2. The standard InChI is InChI=1S/C21H24N4/c1-4-25(19-13-9-6-10-14-19)21-15-20(23-17(3)24-21)22-16(2)18-11-7-5-8-12-18/h5-16H,4H2,1-3H3,(H,22,23,24). The summed E-state index contributed by atoms with van der Waals surface area (Å²) in [6.07, 6.45) is 0. The molecule has 0 aliphatic carbocycles. The fourth-order valence-electron chi connectivity index (χ4n) is 2.90. The summed E-state index contributed by atoms with van der Waals surface area (Å²) in [6, 6.07) is 22.9. The van der Waals surface area contributed by atoms with E-state index < -0.39 is 0 Å². The van der Waals surface area contributed by atoms with E-state index in [-0.39, 0.29) is 6.04 Å². The zero-order valence-corrected chi connectivity index (χ0v) is 15.0. The Balaban J connectivity index is 1.87. The van der Waals surface area contributed by atoms with E-state index >= 15 is 0 Å². The number of nitrogens with zero attached hydrogens (tertiary/aromatic N) is 3. The molecule has 0 spiro atoms. The maximum atomic E-state index is 4.64. The van der Waals surface area contributed by atoms with Crippen LogP contribution in [0.4, 0.5) is 17.3 Å². The van der Waals surface area contributed by atoms with E-state index in [0.29, 0.717) is 0 Å². The van der Waals surface area contributed by atoms with Crippen LogP contribution in [0.5, 0.6) is 0 Å². The van der Waals surface area contributed by atoms with E-state index in [2.05, 4.69) is 70.4 Å². The molecule has 4 heteroatoms. The molecule has 3 aromatic rings. The highest BCUT2D eigenvalue weighted by atomic mass is 15.2.